The zero-order valence-corrected chi connectivity index (χ0v) is 14.0. The van der Waals surface area contributed by atoms with Crippen molar-refractivity contribution in [2.75, 3.05) is 18.1 Å². The fourth-order valence-electron chi connectivity index (χ4n) is 1.38. The lowest BCUT2D eigenvalue weighted by Gasteiger charge is -1.97. The van der Waals surface area contributed by atoms with Gasteiger partial charge in [0, 0.05) is 18.2 Å². The van der Waals surface area contributed by atoms with Gasteiger partial charge in [-0.2, -0.15) is 0 Å². The van der Waals surface area contributed by atoms with Crippen LogP contribution in [0.4, 0.5) is 0 Å². The number of allylic oxidation sites excluding steroid dienone is 3. The Kier molecular flexibility index (Phi) is 9.16. The lowest BCUT2D eigenvalue weighted by atomic mass is 10.3. The van der Waals surface area contributed by atoms with Gasteiger partial charge >= 0.3 is 0 Å². The number of aromatic nitrogens is 1. The highest BCUT2D eigenvalue weighted by Gasteiger charge is 1.99. The van der Waals surface area contributed by atoms with E-state index in [1.165, 1.54) is 11.1 Å². The molecule has 0 aliphatic heterocycles. The second-order valence-corrected chi connectivity index (χ2v) is 7.19. The van der Waals surface area contributed by atoms with Gasteiger partial charge < -0.3 is 0 Å². The van der Waals surface area contributed by atoms with E-state index in [9.17, 15) is 0 Å². The van der Waals surface area contributed by atoms with E-state index < -0.39 is 0 Å². The number of nitrogens with one attached hydrogen (secondary N) is 1. The molecule has 0 fully saturated rings. The third-order valence-electron chi connectivity index (χ3n) is 2.69. The maximum absolute atomic E-state index is 3.71. The van der Waals surface area contributed by atoms with Crippen LogP contribution < -0.4 is 9.56 Å². The van der Waals surface area contributed by atoms with Crippen molar-refractivity contribution in [3.05, 3.63) is 54.4 Å². The molecule has 0 atom stereocenters. The SMILES string of the molecule is C=C/C(C)=C\C=[NH+]CCSSCC[n+]1ccc(C)cc1. The van der Waals surface area contributed by atoms with Gasteiger partial charge in [0.15, 0.2) is 31.7 Å². The first-order valence-electron chi connectivity index (χ1n) is 6.78. The molecule has 0 saturated heterocycles. The van der Waals surface area contributed by atoms with Crippen molar-refractivity contribution in [1.29, 1.82) is 0 Å². The molecule has 2 nitrogen and oxygen atoms in total. The smallest absolute Gasteiger partial charge is 0.169 e. The molecule has 20 heavy (non-hydrogen) atoms. The maximum atomic E-state index is 3.71. The van der Waals surface area contributed by atoms with Crippen LogP contribution in [0.2, 0.25) is 0 Å². The van der Waals surface area contributed by atoms with E-state index in [0.717, 1.165) is 24.6 Å². The van der Waals surface area contributed by atoms with E-state index in [2.05, 4.69) is 47.6 Å². The molecule has 1 N–H and O–H groups in total. The molecular formula is C16H24N2S2+2. The summed E-state index contributed by atoms with van der Waals surface area (Å²) in [5, 5.41) is 0. The quantitative estimate of drug-likeness (QED) is 0.247. The van der Waals surface area contributed by atoms with Gasteiger partial charge in [-0.05, 0) is 25.0 Å². The topological polar surface area (TPSA) is 17.9 Å². The fraction of sp³-hybridized carbons (Fsp3) is 0.375. The first kappa shape index (κ1) is 17.1. The van der Waals surface area contributed by atoms with Gasteiger partial charge in [0.05, 0.1) is 11.5 Å². The molecule has 1 aromatic rings. The Morgan fingerprint density at radius 1 is 1.30 bits per heavy atom. The first-order chi connectivity index (χ1) is 9.72. The Labute approximate surface area is 130 Å². The molecule has 0 radical (unpaired) electrons. The highest BCUT2D eigenvalue weighted by molar-refractivity contribution is 8.76. The summed E-state index contributed by atoms with van der Waals surface area (Å²) in [6.45, 7) is 9.93. The van der Waals surface area contributed by atoms with Crippen molar-refractivity contribution in [2.45, 2.75) is 20.4 Å². The highest BCUT2D eigenvalue weighted by atomic mass is 33.1. The molecule has 1 aromatic heterocycles. The standard InChI is InChI=1S/C16H23N2S2/c1-4-15(2)5-8-17-9-13-19-20-14-12-18-10-6-16(3)7-11-18/h4-8,10-11H,1,9,12-14H2,2-3H3/q+1/p+1/b15-5-,17-8?. The summed E-state index contributed by atoms with van der Waals surface area (Å²) < 4.78 is 2.23. The van der Waals surface area contributed by atoms with Crippen molar-refractivity contribution in [3.8, 4) is 0 Å². The Morgan fingerprint density at radius 3 is 2.70 bits per heavy atom. The molecule has 4 heteroatoms. The number of hydrogen-bond donors (Lipinski definition) is 1. The van der Waals surface area contributed by atoms with Gasteiger partial charge in [-0.25, -0.2) is 9.56 Å². The van der Waals surface area contributed by atoms with Gasteiger partial charge in [0.2, 0.25) is 0 Å². The van der Waals surface area contributed by atoms with Crippen LogP contribution in [0.5, 0.6) is 0 Å². The monoisotopic (exact) mass is 308 g/mol. The van der Waals surface area contributed by atoms with E-state index in [-0.39, 0.29) is 0 Å². The largest absolute Gasteiger partial charge is 0.247 e. The van der Waals surface area contributed by atoms with Gasteiger partial charge in [-0.3, -0.25) is 0 Å². The summed E-state index contributed by atoms with van der Waals surface area (Å²) in [5.41, 5.74) is 2.49. The predicted octanol–water partition coefficient (Wildman–Crippen LogP) is 1.95. The van der Waals surface area contributed by atoms with Crippen LogP contribution >= 0.6 is 21.6 Å². The molecule has 0 amide bonds. The summed E-state index contributed by atoms with van der Waals surface area (Å²) in [7, 11) is 3.85. The van der Waals surface area contributed by atoms with Gasteiger partial charge in [-0.1, -0.05) is 34.2 Å². The predicted molar refractivity (Wildman–Crippen MR) is 92.1 cm³/mol. The highest BCUT2D eigenvalue weighted by Crippen LogP contribution is 2.19. The minimum atomic E-state index is 0.996. The average molecular weight is 309 g/mol. The van der Waals surface area contributed by atoms with Crippen molar-refractivity contribution in [1.82, 2.24) is 0 Å². The van der Waals surface area contributed by atoms with Crippen molar-refractivity contribution < 1.29 is 9.56 Å². The van der Waals surface area contributed by atoms with Gasteiger partial charge in [0.25, 0.3) is 0 Å². The van der Waals surface area contributed by atoms with Crippen LogP contribution in [0, 0.1) is 6.92 Å². The zero-order valence-electron chi connectivity index (χ0n) is 12.3. The molecule has 1 rings (SSSR count). The summed E-state index contributed by atoms with van der Waals surface area (Å²) >= 11 is 0. The summed E-state index contributed by atoms with van der Waals surface area (Å²) in [5.74, 6) is 2.25. The molecule has 0 aromatic carbocycles. The van der Waals surface area contributed by atoms with Crippen LogP contribution in [0.3, 0.4) is 0 Å². The molecule has 0 aliphatic carbocycles. The Bertz CT molecular complexity index is 450. The summed E-state index contributed by atoms with van der Waals surface area (Å²) in [6.07, 6.45) is 10.2. The zero-order chi connectivity index (χ0) is 14.6. The van der Waals surface area contributed by atoms with Crippen LogP contribution in [0.1, 0.15) is 12.5 Å². The fourth-order valence-corrected chi connectivity index (χ4v) is 3.29. The van der Waals surface area contributed by atoms with E-state index in [4.69, 9.17) is 0 Å². The number of pyridine rings is 1. The summed E-state index contributed by atoms with van der Waals surface area (Å²) in [6, 6.07) is 4.30. The lowest BCUT2D eigenvalue weighted by molar-refractivity contribution is -0.692. The first-order valence-corrected chi connectivity index (χ1v) is 9.27. The van der Waals surface area contributed by atoms with Crippen molar-refractivity contribution >= 4 is 27.8 Å². The van der Waals surface area contributed by atoms with Crippen LogP contribution in [0.25, 0.3) is 0 Å². The Hall–Kier alpha value is -1.00. The molecule has 108 valence electrons. The van der Waals surface area contributed by atoms with Crippen LogP contribution in [0.15, 0.2) is 48.8 Å². The molecule has 0 aliphatic rings. The molecular weight excluding hydrogens is 284 g/mol. The number of nitrogens with zero attached hydrogens (tertiary/aromatic N) is 1. The normalized spacial score (nSPS) is 12.0. The van der Waals surface area contributed by atoms with E-state index in [1.54, 1.807) is 0 Å². The van der Waals surface area contributed by atoms with Crippen LogP contribution in [-0.2, 0) is 6.54 Å². The van der Waals surface area contributed by atoms with Gasteiger partial charge in [-0.15, -0.1) is 0 Å². The maximum Gasteiger partial charge on any atom is 0.169 e. The summed E-state index contributed by atoms with van der Waals surface area (Å²) in [4.78, 5) is 3.28. The molecule has 0 bridgehead atoms. The van der Waals surface area contributed by atoms with Gasteiger partial charge in [0.1, 0.15) is 0 Å². The number of aryl methyl sites for hydroxylation is 2. The minimum Gasteiger partial charge on any atom is -0.247 e. The second-order valence-electron chi connectivity index (χ2n) is 4.49. The van der Waals surface area contributed by atoms with Crippen LogP contribution in [-0.4, -0.2) is 24.3 Å². The van der Waals surface area contributed by atoms with E-state index in [1.807, 2.05) is 46.9 Å². The number of hydrogen-bond acceptors (Lipinski definition) is 2. The van der Waals surface area contributed by atoms with E-state index >= 15 is 0 Å². The third kappa shape index (κ3) is 8.23. The Morgan fingerprint density at radius 2 is 2.00 bits per heavy atom. The van der Waals surface area contributed by atoms with E-state index in [0.29, 0.717) is 0 Å². The van der Waals surface area contributed by atoms with Crippen molar-refractivity contribution in [2.24, 2.45) is 0 Å². The lowest BCUT2D eigenvalue weighted by Crippen LogP contribution is -2.69. The Balaban J connectivity index is 2.02. The second kappa shape index (κ2) is 10.7. The minimum absolute atomic E-state index is 0.996. The molecule has 0 saturated carbocycles. The molecule has 1 heterocycles. The van der Waals surface area contributed by atoms with Crippen molar-refractivity contribution in [3.63, 3.8) is 0 Å². The molecule has 0 spiro atoms. The average Bonchev–Trinajstić information content (AvgIpc) is 2.47. The third-order valence-corrected chi connectivity index (χ3v) is 5.08. The number of rotatable bonds is 9. The molecule has 0 unspecified atom stereocenters.